The molecule has 1 aliphatic carbocycles. The molecule has 1 unspecified atom stereocenters. The van der Waals surface area contributed by atoms with Crippen LogP contribution in [-0.4, -0.2) is 56.1 Å². The molecule has 1 saturated heterocycles. The lowest BCUT2D eigenvalue weighted by atomic mass is 9.82. The predicted octanol–water partition coefficient (Wildman–Crippen LogP) is 2.14. The quantitative estimate of drug-likeness (QED) is 0.748. The van der Waals surface area contributed by atoms with Crippen LogP contribution in [0, 0.1) is 5.92 Å². The highest BCUT2D eigenvalue weighted by Gasteiger charge is 2.29. The molecule has 160 valence electrons. The number of hydrogen-bond donors (Lipinski definition) is 2. The van der Waals surface area contributed by atoms with E-state index < -0.39 is 10.0 Å². The number of rotatable bonds is 6. The first kappa shape index (κ1) is 20.8. The molecule has 1 aromatic heterocycles. The molecule has 0 radical (unpaired) electrons. The SMILES string of the molecule is Cn1cnc2ccc(C3CCC(OC[C@@H]4CNCCC4NS(C)(=O)=O)CC3)cc21. The lowest BCUT2D eigenvalue weighted by molar-refractivity contribution is -0.00402. The summed E-state index contributed by atoms with van der Waals surface area (Å²) in [7, 11) is -1.15. The average Bonchev–Trinajstić information content (AvgIpc) is 3.07. The number of nitrogens with zero attached hydrogens (tertiary/aromatic N) is 2. The van der Waals surface area contributed by atoms with Gasteiger partial charge in [0.15, 0.2) is 0 Å². The standard InChI is InChI=1S/C21H32N4O3S/c1-25-14-23-20-8-5-16(11-21(20)25)15-3-6-18(7-4-15)28-13-17-12-22-10-9-19(17)24-29(2,26)27/h5,8,11,14-15,17-19,22,24H,3-4,6-7,9-10,12-13H2,1-2H3/t15?,17-,18?,19?/m0/s1. The van der Waals surface area contributed by atoms with Gasteiger partial charge in [0, 0.05) is 25.6 Å². The van der Waals surface area contributed by atoms with E-state index in [0.717, 1.165) is 50.7 Å². The summed E-state index contributed by atoms with van der Waals surface area (Å²) in [5, 5.41) is 3.36. The second-order valence-corrected chi connectivity index (χ2v) is 10.4. The van der Waals surface area contributed by atoms with Crippen molar-refractivity contribution in [1.29, 1.82) is 0 Å². The van der Waals surface area contributed by atoms with E-state index in [-0.39, 0.29) is 18.1 Å². The van der Waals surface area contributed by atoms with E-state index in [4.69, 9.17) is 4.74 Å². The highest BCUT2D eigenvalue weighted by atomic mass is 32.2. The number of benzene rings is 1. The highest BCUT2D eigenvalue weighted by Crippen LogP contribution is 2.35. The Labute approximate surface area is 173 Å². The summed E-state index contributed by atoms with van der Waals surface area (Å²) >= 11 is 0. The van der Waals surface area contributed by atoms with Gasteiger partial charge in [-0.15, -0.1) is 0 Å². The Bertz CT molecular complexity index is 935. The lowest BCUT2D eigenvalue weighted by Gasteiger charge is -2.34. The van der Waals surface area contributed by atoms with Crippen LogP contribution in [0.5, 0.6) is 0 Å². The number of piperidine rings is 1. The maximum atomic E-state index is 11.6. The summed E-state index contributed by atoms with van der Waals surface area (Å²) in [5.74, 6) is 0.758. The third-order valence-corrected chi connectivity index (χ3v) is 7.15. The zero-order valence-corrected chi connectivity index (χ0v) is 18.1. The molecule has 2 atom stereocenters. The first-order valence-electron chi connectivity index (χ1n) is 10.6. The first-order valence-corrected chi connectivity index (χ1v) is 12.5. The molecule has 2 fully saturated rings. The van der Waals surface area contributed by atoms with Crippen molar-refractivity contribution >= 4 is 21.1 Å². The number of aryl methyl sites for hydroxylation is 1. The summed E-state index contributed by atoms with van der Waals surface area (Å²) < 4.78 is 34.4. The maximum Gasteiger partial charge on any atom is 0.208 e. The van der Waals surface area contributed by atoms with Gasteiger partial charge in [0.1, 0.15) is 0 Å². The second kappa shape index (κ2) is 8.71. The molecule has 8 heteroatoms. The van der Waals surface area contributed by atoms with Crippen molar-refractivity contribution in [2.75, 3.05) is 26.0 Å². The molecule has 2 N–H and O–H groups in total. The number of fused-ring (bicyclic) bond motifs is 1. The smallest absolute Gasteiger partial charge is 0.208 e. The molecule has 7 nitrogen and oxygen atoms in total. The van der Waals surface area contributed by atoms with E-state index in [1.54, 1.807) is 0 Å². The maximum absolute atomic E-state index is 11.6. The number of imidazole rings is 1. The van der Waals surface area contributed by atoms with Crippen LogP contribution in [0.15, 0.2) is 24.5 Å². The van der Waals surface area contributed by atoms with Crippen molar-refractivity contribution in [2.45, 2.75) is 50.2 Å². The van der Waals surface area contributed by atoms with Crippen molar-refractivity contribution in [2.24, 2.45) is 13.0 Å². The molecule has 1 aliphatic heterocycles. The first-order chi connectivity index (χ1) is 13.9. The number of sulfonamides is 1. The minimum absolute atomic E-state index is 0.0341. The third kappa shape index (κ3) is 5.17. The summed E-state index contributed by atoms with van der Waals surface area (Å²) in [6.07, 6.45) is 8.54. The molecule has 1 saturated carbocycles. The Hall–Kier alpha value is -1.48. The number of ether oxygens (including phenoxy) is 1. The average molecular weight is 421 g/mol. The zero-order chi connectivity index (χ0) is 20.4. The topological polar surface area (TPSA) is 85.2 Å². The van der Waals surface area contributed by atoms with Crippen LogP contribution in [-0.2, 0) is 21.8 Å². The van der Waals surface area contributed by atoms with E-state index in [1.807, 2.05) is 13.4 Å². The summed E-state index contributed by atoms with van der Waals surface area (Å²) in [6, 6.07) is 6.59. The minimum Gasteiger partial charge on any atom is -0.378 e. The molecule has 0 spiro atoms. The molecular formula is C21H32N4O3S. The second-order valence-electron chi connectivity index (χ2n) is 8.66. The minimum atomic E-state index is -3.19. The third-order valence-electron chi connectivity index (χ3n) is 6.41. The van der Waals surface area contributed by atoms with Gasteiger partial charge in [-0.05, 0) is 62.3 Å². The molecule has 2 heterocycles. The molecule has 0 amide bonds. The fourth-order valence-corrected chi connectivity index (χ4v) is 5.61. The largest absolute Gasteiger partial charge is 0.378 e. The van der Waals surface area contributed by atoms with Gasteiger partial charge in [0.05, 0.1) is 36.3 Å². The molecule has 2 aliphatic rings. The normalized spacial score (nSPS) is 28.6. The van der Waals surface area contributed by atoms with Crippen molar-refractivity contribution in [3.63, 3.8) is 0 Å². The van der Waals surface area contributed by atoms with E-state index in [9.17, 15) is 8.42 Å². The molecule has 2 aromatic rings. The molecule has 0 bridgehead atoms. The number of aromatic nitrogens is 2. The van der Waals surface area contributed by atoms with E-state index in [1.165, 1.54) is 17.3 Å². The molecule has 29 heavy (non-hydrogen) atoms. The lowest BCUT2D eigenvalue weighted by Crippen LogP contribution is -2.51. The number of hydrogen-bond acceptors (Lipinski definition) is 5. The van der Waals surface area contributed by atoms with Crippen LogP contribution >= 0.6 is 0 Å². The van der Waals surface area contributed by atoms with Gasteiger partial charge >= 0.3 is 0 Å². The van der Waals surface area contributed by atoms with Crippen LogP contribution in [0.1, 0.15) is 43.6 Å². The summed E-state index contributed by atoms with van der Waals surface area (Å²) in [4.78, 5) is 4.41. The van der Waals surface area contributed by atoms with Crippen molar-refractivity contribution in [3.05, 3.63) is 30.1 Å². The molecular weight excluding hydrogens is 388 g/mol. The number of nitrogens with one attached hydrogen (secondary N) is 2. The van der Waals surface area contributed by atoms with Crippen LogP contribution in [0.3, 0.4) is 0 Å². The van der Waals surface area contributed by atoms with E-state index in [0.29, 0.717) is 12.5 Å². The van der Waals surface area contributed by atoms with Crippen LogP contribution in [0.25, 0.3) is 11.0 Å². The molecule has 4 rings (SSSR count). The Morgan fingerprint density at radius 1 is 1.24 bits per heavy atom. The van der Waals surface area contributed by atoms with E-state index >= 15 is 0 Å². The van der Waals surface area contributed by atoms with Gasteiger partial charge < -0.3 is 14.6 Å². The van der Waals surface area contributed by atoms with Crippen LogP contribution < -0.4 is 10.0 Å². The fourth-order valence-electron chi connectivity index (χ4n) is 4.75. The fraction of sp³-hybridized carbons (Fsp3) is 0.667. The van der Waals surface area contributed by atoms with Crippen molar-refractivity contribution in [3.8, 4) is 0 Å². The monoisotopic (exact) mass is 420 g/mol. The Morgan fingerprint density at radius 2 is 2.03 bits per heavy atom. The van der Waals surface area contributed by atoms with Gasteiger partial charge in [-0.3, -0.25) is 0 Å². The van der Waals surface area contributed by atoms with Gasteiger partial charge in [-0.1, -0.05) is 6.07 Å². The van der Waals surface area contributed by atoms with Gasteiger partial charge in [0.2, 0.25) is 10.0 Å². The Balaban J connectivity index is 1.29. The Morgan fingerprint density at radius 3 is 2.79 bits per heavy atom. The summed E-state index contributed by atoms with van der Waals surface area (Å²) in [5.41, 5.74) is 3.63. The van der Waals surface area contributed by atoms with Gasteiger partial charge in [-0.2, -0.15) is 0 Å². The van der Waals surface area contributed by atoms with Crippen molar-refractivity contribution in [1.82, 2.24) is 19.6 Å². The zero-order valence-electron chi connectivity index (χ0n) is 17.3. The van der Waals surface area contributed by atoms with Gasteiger partial charge in [0.25, 0.3) is 0 Å². The van der Waals surface area contributed by atoms with E-state index in [2.05, 4.69) is 37.8 Å². The van der Waals surface area contributed by atoms with Crippen molar-refractivity contribution < 1.29 is 13.2 Å². The van der Waals surface area contributed by atoms with Crippen LogP contribution in [0.2, 0.25) is 0 Å². The van der Waals surface area contributed by atoms with Gasteiger partial charge in [-0.25, -0.2) is 18.1 Å². The Kier molecular flexibility index (Phi) is 6.24. The summed E-state index contributed by atoms with van der Waals surface area (Å²) in [6.45, 7) is 2.25. The highest BCUT2D eigenvalue weighted by molar-refractivity contribution is 7.88. The van der Waals surface area contributed by atoms with Crippen LogP contribution in [0.4, 0.5) is 0 Å². The predicted molar refractivity (Wildman–Crippen MR) is 114 cm³/mol. The molecule has 1 aromatic carbocycles.